The molecule has 11 nitrogen and oxygen atoms in total. The molecule has 3 aromatic rings. The zero-order valence-electron chi connectivity index (χ0n) is 30.7. The van der Waals surface area contributed by atoms with Gasteiger partial charge in [-0.25, -0.2) is 14.8 Å². The number of nitriles is 1. The number of ether oxygens (including phenoxy) is 2. The number of aryl methyl sites for hydroxylation is 1. The van der Waals surface area contributed by atoms with Crippen LogP contribution in [0, 0.1) is 11.8 Å². The molecule has 0 saturated heterocycles. The van der Waals surface area contributed by atoms with Crippen molar-refractivity contribution in [1.82, 2.24) is 14.6 Å². The maximum Gasteiger partial charge on any atom is 0.329 e. The van der Waals surface area contributed by atoms with E-state index in [4.69, 9.17) is 34.6 Å². The molecular formula is C38H64N5O6P. The zero-order valence-corrected chi connectivity index (χ0v) is 31.6. The Morgan fingerprint density at radius 2 is 1.42 bits per heavy atom. The molecule has 0 fully saturated rings. The van der Waals surface area contributed by atoms with E-state index >= 15 is 0 Å². The van der Waals surface area contributed by atoms with Gasteiger partial charge in [0.2, 0.25) is 0 Å². The summed E-state index contributed by atoms with van der Waals surface area (Å²) >= 11 is 0. The van der Waals surface area contributed by atoms with Gasteiger partial charge in [-0.3, -0.25) is 0 Å². The van der Waals surface area contributed by atoms with E-state index in [1.165, 1.54) is 89.8 Å². The van der Waals surface area contributed by atoms with Crippen molar-refractivity contribution in [3.8, 4) is 6.57 Å². The molecule has 1 aromatic carbocycles. The van der Waals surface area contributed by atoms with E-state index in [1.807, 2.05) is 42.5 Å². The molecule has 2 aromatic heterocycles. The molecule has 0 amide bonds. The van der Waals surface area contributed by atoms with Crippen LogP contribution in [0.4, 0.5) is 5.82 Å². The van der Waals surface area contributed by atoms with Gasteiger partial charge in [-0.1, -0.05) is 121 Å². The smallest absolute Gasteiger partial charge is 0.329 e. The molecule has 0 radical (unpaired) electrons. The molecule has 0 aliphatic carbocycles. The molecule has 2 heterocycles. The number of aliphatic hydroxyl groups is 1. The first kappa shape index (κ1) is 45.3. The van der Waals surface area contributed by atoms with Gasteiger partial charge in [0.05, 0.1) is 25.9 Å². The fourth-order valence-electron chi connectivity index (χ4n) is 5.35. The van der Waals surface area contributed by atoms with Gasteiger partial charge in [-0.2, -0.15) is 5.10 Å². The Kier molecular flexibility index (Phi) is 29.2. The van der Waals surface area contributed by atoms with E-state index in [2.05, 4.69) is 23.6 Å². The number of nitrogens with two attached hydrogens (primary N) is 1. The molecule has 282 valence electrons. The molecule has 2 atom stereocenters. The van der Waals surface area contributed by atoms with Crippen LogP contribution >= 0.6 is 8.60 Å². The topological polar surface area (TPSA) is 157 Å². The highest BCUT2D eigenvalue weighted by Crippen LogP contribution is 2.33. The Balaban J connectivity index is 0.00000108. The predicted molar refractivity (Wildman–Crippen MR) is 202 cm³/mol. The van der Waals surface area contributed by atoms with Crippen molar-refractivity contribution in [3.63, 3.8) is 0 Å². The van der Waals surface area contributed by atoms with Crippen LogP contribution in [-0.2, 0) is 31.5 Å². The van der Waals surface area contributed by atoms with E-state index in [1.54, 1.807) is 11.6 Å². The second-order valence-corrected chi connectivity index (χ2v) is 13.2. The highest BCUT2D eigenvalue weighted by atomic mass is 31.2. The maximum atomic E-state index is 10.1. The molecule has 12 heteroatoms. The summed E-state index contributed by atoms with van der Waals surface area (Å²) in [6.45, 7) is 8.03. The third-order valence-corrected chi connectivity index (χ3v) is 9.06. The van der Waals surface area contributed by atoms with Crippen molar-refractivity contribution in [2.24, 2.45) is 0 Å². The summed E-state index contributed by atoms with van der Waals surface area (Å²) in [6.07, 6.45) is 22.5. The lowest BCUT2D eigenvalue weighted by Gasteiger charge is -2.17. The Bertz CT molecular complexity index is 1200. The number of aromatic nitrogens is 3. The number of nitrogens with zero attached hydrogens (tertiary/aromatic N) is 4. The van der Waals surface area contributed by atoms with Gasteiger partial charge in [-0.15, -0.1) is 0 Å². The number of benzene rings is 1. The number of methoxy groups -OCH3 is 1. The number of aliphatic hydroxyl groups excluding tert-OH is 1. The fraction of sp³-hybridized carbons (Fsp3) is 0.658. The summed E-state index contributed by atoms with van der Waals surface area (Å²) in [5, 5.41) is 19.3. The van der Waals surface area contributed by atoms with Gasteiger partial charge in [-0.05, 0) is 43.4 Å². The molecule has 0 spiro atoms. The second kappa shape index (κ2) is 32.2. The molecular weight excluding hydrogens is 653 g/mol. The lowest BCUT2D eigenvalue weighted by atomic mass is 10.0. The largest absolute Gasteiger partial charge is 0.392 e. The zero-order chi connectivity index (χ0) is 36.5. The maximum absolute atomic E-state index is 10.1. The van der Waals surface area contributed by atoms with Crippen molar-refractivity contribution < 1.29 is 28.5 Å². The van der Waals surface area contributed by atoms with E-state index < -0.39 is 8.60 Å². The summed E-state index contributed by atoms with van der Waals surface area (Å²) in [4.78, 5) is 14.1. The van der Waals surface area contributed by atoms with Crippen LogP contribution in [0.2, 0.25) is 0 Å². The van der Waals surface area contributed by atoms with Crippen LogP contribution in [0.15, 0.2) is 48.8 Å². The van der Waals surface area contributed by atoms with Crippen LogP contribution in [0.3, 0.4) is 0 Å². The van der Waals surface area contributed by atoms with Crippen LogP contribution in [0.1, 0.15) is 121 Å². The van der Waals surface area contributed by atoms with E-state index in [9.17, 15) is 4.89 Å². The molecule has 0 aliphatic heterocycles. The fourth-order valence-corrected chi connectivity index (χ4v) is 6.00. The van der Waals surface area contributed by atoms with Crippen molar-refractivity contribution in [1.29, 1.82) is 5.26 Å². The van der Waals surface area contributed by atoms with Gasteiger partial charge >= 0.3 is 8.60 Å². The summed E-state index contributed by atoms with van der Waals surface area (Å²) in [6, 6.07) is 13.4. The molecule has 0 bridgehead atoms. The monoisotopic (exact) mass is 717 g/mol. The number of nitrogen functional groups attached to an aromatic ring is 1. The number of hydrogen-bond acceptors (Lipinski definition) is 10. The highest BCUT2D eigenvalue weighted by Gasteiger charge is 2.15. The molecule has 50 heavy (non-hydrogen) atoms. The minimum absolute atomic E-state index is 0.140. The summed E-state index contributed by atoms with van der Waals surface area (Å²) < 4.78 is 23.9. The summed E-state index contributed by atoms with van der Waals surface area (Å²) in [5.41, 5.74) is 8.67. The highest BCUT2D eigenvalue weighted by molar-refractivity contribution is 7.40. The quantitative estimate of drug-likeness (QED) is 0.0490. The van der Waals surface area contributed by atoms with Gasteiger partial charge in [0.1, 0.15) is 11.8 Å². The Hall–Kier alpha value is -2.68. The molecule has 4 N–H and O–H groups in total. The Morgan fingerprint density at radius 3 is 2.00 bits per heavy atom. The molecule has 0 saturated carbocycles. The summed E-state index contributed by atoms with van der Waals surface area (Å²) in [5.74, 6) is 0.455. The van der Waals surface area contributed by atoms with Crippen LogP contribution in [0.25, 0.3) is 5.52 Å². The molecule has 2 unspecified atom stereocenters. The van der Waals surface area contributed by atoms with Crippen molar-refractivity contribution >= 4 is 19.9 Å². The number of hydrogen-bond donors (Lipinski definition) is 3. The Morgan fingerprint density at radius 1 is 0.820 bits per heavy atom. The summed E-state index contributed by atoms with van der Waals surface area (Å²) in [7, 11) is -0.291. The van der Waals surface area contributed by atoms with Crippen molar-refractivity contribution in [2.75, 3.05) is 39.3 Å². The Labute approximate surface area is 302 Å². The first-order valence-corrected chi connectivity index (χ1v) is 19.5. The van der Waals surface area contributed by atoms with E-state index in [-0.39, 0.29) is 19.3 Å². The van der Waals surface area contributed by atoms with E-state index in [0.717, 1.165) is 42.6 Å². The third kappa shape index (κ3) is 22.2. The van der Waals surface area contributed by atoms with E-state index in [0.29, 0.717) is 25.5 Å². The van der Waals surface area contributed by atoms with Crippen LogP contribution < -0.4 is 5.73 Å². The number of fused-ring (bicyclic) bond motifs is 1. The number of unbranched alkanes of at least 4 members (excludes halogenated alkanes) is 13. The average Bonchev–Trinajstić information content (AvgIpc) is 3.58. The van der Waals surface area contributed by atoms with Crippen LogP contribution in [-0.4, -0.2) is 64.2 Å². The minimum atomic E-state index is -1.93. The average molecular weight is 718 g/mol. The van der Waals surface area contributed by atoms with Crippen LogP contribution in [0.5, 0.6) is 0 Å². The lowest BCUT2D eigenvalue weighted by molar-refractivity contribution is 0.0429. The standard InChI is InChI=1S/C30H55N4O5P.C7H8O.CHN/c1-3-4-5-6-7-8-9-10-11-12-13-14-15-16-22-37-23-17-24-38-40(35)39-25-28(36-2)20-18-27-19-21-29-30(31)32-26-33-34(27)29;8-6-7-4-2-1-3-5-7;1-2/h19,21,26,28,35H,3-18,20,22-25H2,1-2H3,(H2,31,32,33);1-5,8H,6H2;1H. The van der Waals surface area contributed by atoms with Gasteiger partial charge in [0.15, 0.2) is 5.82 Å². The first-order valence-electron chi connectivity index (χ1n) is 18.4. The second-order valence-electron chi connectivity index (χ2n) is 12.2. The van der Waals surface area contributed by atoms with Gasteiger partial charge in [0, 0.05) is 32.6 Å². The number of anilines is 1. The van der Waals surface area contributed by atoms with Gasteiger partial charge in [0.25, 0.3) is 0 Å². The van der Waals surface area contributed by atoms with Crippen molar-refractivity contribution in [3.05, 3.63) is 60.0 Å². The SMILES string of the molecule is C#N.CCCCCCCCCCCCCCCCOCCCOP(O)OCC(CCc1ccc2c(N)ncnn12)OC.OCc1ccccc1. The normalized spacial score (nSPS) is 12.1. The number of rotatable bonds is 28. The van der Waals surface area contributed by atoms with Gasteiger partial charge < -0.3 is 34.3 Å². The minimum Gasteiger partial charge on any atom is -0.392 e. The first-order chi connectivity index (χ1) is 24.6. The van der Waals surface area contributed by atoms with Crippen molar-refractivity contribution in [2.45, 2.75) is 129 Å². The third-order valence-electron chi connectivity index (χ3n) is 8.29. The molecule has 3 rings (SSSR count). The predicted octanol–water partition coefficient (Wildman–Crippen LogP) is 8.72. The lowest BCUT2D eigenvalue weighted by Crippen LogP contribution is -2.18. The molecule has 0 aliphatic rings.